The SMILES string of the molecule is CNC1CC#CCC1. The first-order valence-electron chi connectivity index (χ1n) is 3.06. The molecule has 1 heteroatoms. The molecule has 44 valence electrons. The van der Waals surface area contributed by atoms with Gasteiger partial charge in [-0.3, -0.25) is 0 Å². The van der Waals surface area contributed by atoms with E-state index in [1.165, 1.54) is 6.42 Å². The molecule has 0 aliphatic heterocycles. The van der Waals surface area contributed by atoms with Gasteiger partial charge >= 0.3 is 0 Å². The molecule has 1 aliphatic carbocycles. The summed E-state index contributed by atoms with van der Waals surface area (Å²) in [5, 5.41) is 3.20. The summed E-state index contributed by atoms with van der Waals surface area (Å²) < 4.78 is 0. The van der Waals surface area contributed by atoms with Crippen molar-refractivity contribution in [2.24, 2.45) is 0 Å². The molecular weight excluding hydrogens is 98.1 g/mol. The molecule has 8 heavy (non-hydrogen) atoms. The quantitative estimate of drug-likeness (QED) is 0.490. The summed E-state index contributed by atoms with van der Waals surface area (Å²) in [6, 6.07) is 0.663. The Balaban J connectivity index is 2.32. The van der Waals surface area contributed by atoms with Gasteiger partial charge in [0.25, 0.3) is 0 Å². The van der Waals surface area contributed by atoms with Crippen molar-refractivity contribution in [2.45, 2.75) is 25.3 Å². The Morgan fingerprint density at radius 3 is 2.75 bits per heavy atom. The van der Waals surface area contributed by atoms with Crippen LogP contribution in [0.1, 0.15) is 19.3 Å². The molecule has 1 atom stereocenters. The van der Waals surface area contributed by atoms with Gasteiger partial charge in [-0.05, 0) is 13.5 Å². The van der Waals surface area contributed by atoms with E-state index in [1.54, 1.807) is 0 Å². The lowest BCUT2D eigenvalue weighted by Crippen LogP contribution is -2.25. The van der Waals surface area contributed by atoms with Gasteiger partial charge in [0.2, 0.25) is 0 Å². The molecule has 0 aromatic rings. The number of hydrogen-bond donors (Lipinski definition) is 1. The summed E-state index contributed by atoms with van der Waals surface area (Å²) in [7, 11) is 2.00. The predicted molar refractivity (Wildman–Crippen MR) is 34.5 cm³/mol. The highest BCUT2D eigenvalue weighted by molar-refractivity contribution is 5.05. The van der Waals surface area contributed by atoms with Crippen LogP contribution in [0.2, 0.25) is 0 Å². The largest absolute Gasteiger partial charge is 0.316 e. The second-order valence-electron chi connectivity index (χ2n) is 2.08. The standard InChI is InChI=1S/C7H11N/c1-8-7-5-3-2-4-6-7/h7-8H,3,5-6H2,1H3. The number of rotatable bonds is 1. The van der Waals surface area contributed by atoms with Crippen molar-refractivity contribution in [2.75, 3.05) is 7.05 Å². The summed E-state index contributed by atoms with van der Waals surface area (Å²) in [6.45, 7) is 0. The summed E-state index contributed by atoms with van der Waals surface area (Å²) in [5.41, 5.74) is 0. The molecule has 0 fully saturated rings. The Hall–Kier alpha value is -0.480. The van der Waals surface area contributed by atoms with Gasteiger partial charge in [-0.25, -0.2) is 0 Å². The van der Waals surface area contributed by atoms with Crippen LogP contribution in [-0.2, 0) is 0 Å². The van der Waals surface area contributed by atoms with Gasteiger partial charge in [-0.15, -0.1) is 11.8 Å². The molecule has 0 spiro atoms. The molecule has 1 nitrogen and oxygen atoms in total. The van der Waals surface area contributed by atoms with Crippen LogP contribution in [0.4, 0.5) is 0 Å². The summed E-state index contributed by atoms with van der Waals surface area (Å²) >= 11 is 0. The summed E-state index contributed by atoms with van der Waals surface area (Å²) in [6.07, 6.45) is 3.34. The zero-order valence-corrected chi connectivity index (χ0v) is 5.20. The first-order chi connectivity index (χ1) is 3.93. The van der Waals surface area contributed by atoms with E-state index < -0.39 is 0 Å². The topological polar surface area (TPSA) is 12.0 Å². The van der Waals surface area contributed by atoms with E-state index in [2.05, 4.69) is 17.2 Å². The van der Waals surface area contributed by atoms with Crippen LogP contribution in [-0.4, -0.2) is 13.1 Å². The minimum atomic E-state index is 0.663. The van der Waals surface area contributed by atoms with E-state index in [4.69, 9.17) is 0 Å². The second kappa shape index (κ2) is 2.74. The first kappa shape index (κ1) is 5.65. The fourth-order valence-electron chi connectivity index (χ4n) is 0.879. The van der Waals surface area contributed by atoms with E-state index in [0.717, 1.165) is 12.8 Å². The van der Waals surface area contributed by atoms with Gasteiger partial charge in [0.05, 0.1) is 0 Å². The number of nitrogens with one attached hydrogen (secondary N) is 1. The van der Waals surface area contributed by atoms with Crippen molar-refractivity contribution in [1.82, 2.24) is 5.32 Å². The molecule has 0 aromatic heterocycles. The maximum atomic E-state index is 3.20. The minimum Gasteiger partial charge on any atom is -0.316 e. The van der Waals surface area contributed by atoms with Gasteiger partial charge in [0.1, 0.15) is 0 Å². The molecule has 1 rings (SSSR count). The Morgan fingerprint density at radius 2 is 2.38 bits per heavy atom. The van der Waals surface area contributed by atoms with Crippen molar-refractivity contribution in [1.29, 1.82) is 0 Å². The molecule has 0 saturated heterocycles. The molecule has 0 bridgehead atoms. The zero-order valence-electron chi connectivity index (χ0n) is 5.20. The Kier molecular flexibility index (Phi) is 1.93. The van der Waals surface area contributed by atoms with Crippen LogP contribution < -0.4 is 5.32 Å². The van der Waals surface area contributed by atoms with E-state index in [0.29, 0.717) is 6.04 Å². The average molecular weight is 109 g/mol. The van der Waals surface area contributed by atoms with Crippen molar-refractivity contribution in [3.8, 4) is 11.8 Å². The van der Waals surface area contributed by atoms with Crippen LogP contribution >= 0.6 is 0 Å². The van der Waals surface area contributed by atoms with Crippen molar-refractivity contribution < 1.29 is 0 Å². The fraction of sp³-hybridized carbons (Fsp3) is 0.714. The Labute approximate surface area is 50.5 Å². The molecular formula is C7H11N. The van der Waals surface area contributed by atoms with Crippen LogP contribution in [0, 0.1) is 11.8 Å². The van der Waals surface area contributed by atoms with Crippen molar-refractivity contribution in [3.63, 3.8) is 0 Å². The fourth-order valence-corrected chi connectivity index (χ4v) is 0.879. The molecule has 0 radical (unpaired) electrons. The molecule has 1 aliphatic rings. The zero-order chi connectivity index (χ0) is 5.82. The lowest BCUT2D eigenvalue weighted by molar-refractivity contribution is 0.533. The van der Waals surface area contributed by atoms with E-state index >= 15 is 0 Å². The highest BCUT2D eigenvalue weighted by Crippen LogP contribution is 2.03. The van der Waals surface area contributed by atoms with Crippen LogP contribution in [0.5, 0.6) is 0 Å². The van der Waals surface area contributed by atoms with E-state index in [9.17, 15) is 0 Å². The normalized spacial score (nSPS) is 26.4. The van der Waals surface area contributed by atoms with Gasteiger partial charge in [0, 0.05) is 18.9 Å². The monoisotopic (exact) mass is 109 g/mol. The third kappa shape index (κ3) is 1.24. The lowest BCUT2D eigenvalue weighted by Gasteiger charge is -2.12. The molecule has 0 amide bonds. The van der Waals surface area contributed by atoms with Gasteiger partial charge in [0.15, 0.2) is 0 Å². The maximum absolute atomic E-state index is 3.20. The van der Waals surface area contributed by atoms with Gasteiger partial charge in [-0.2, -0.15) is 0 Å². The average Bonchev–Trinajstić information content (AvgIpc) is 1.90. The molecule has 0 saturated carbocycles. The summed E-state index contributed by atoms with van der Waals surface area (Å²) in [4.78, 5) is 0. The van der Waals surface area contributed by atoms with Gasteiger partial charge < -0.3 is 5.32 Å². The minimum absolute atomic E-state index is 0.663. The molecule has 0 aromatic carbocycles. The van der Waals surface area contributed by atoms with Crippen LogP contribution in [0.15, 0.2) is 0 Å². The molecule has 1 N–H and O–H groups in total. The van der Waals surface area contributed by atoms with Crippen LogP contribution in [0.25, 0.3) is 0 Å². The Bertz CT molecular complexity index is 118. The van der Waals surface area contributed by atoms with Crippen molar-refractivity contribution >= 4 is 0 Å². The lowest BCUT2D eigenvalue weighted by atomic mass is 10.1. The third-order valence-electron chi connectivity index (χ3n) is 1.50. The second-order valence-corrected chi connectivity index (χ2v) is 2.08. The molecule has 0 heterocycles. The van der Waals surface area contributed by atoms with Crippen LogP contribution in [0.3, 0.4) is 0 Å². The van der Waals surface area contributed by atoms with E-state index in [-0.39, 0.29) is 0 Å². The smallest absolute Gasteiger partial charge is 0.0243 e. The highest BCUT2D eigenvalue weighted by atomic mass is 14.9. The number of hydrogen-bond acceptors (Lipinski definition) is 1. The third-order valence-corrected chi connectivity index (χ3v) is 1.50. The van der Waals surface area contributed by atoms with E-state index in [1.807, 2.05) is 7.05 Å². The Morgan fingerprint density at radius 1 is 1.50 bits per heavy atom. The van der Waals surface area contributed by atoms with Gasteiger partial charge in [-0.1, -0.05) is 0 Å². The predicted octanol–water partition coefficient (Wildman–Crippen LogP) is 0.762. The van der Waals surface area contributed by atoms with Crippen molar-refractivity contribution in [3.05, 3.63) is 0 Å². The maximum Gasteiger partial charge on any atom is 0.0243 e. The summed E-state index contributed by atoms with van der Waals surface area (Å²) in [5.74, 6) is 6.13. The first-order valence-corrected chi connectivity index (χ1v) is 3.06. The highest BCUT2D eigenvalue weighted by Gasteiger charge is 2.04. The molecule has 1 unspecified atom stereocenters.